The number of hydrogen-bond donors (Lipinski definition) is 0. The summed E-state index contributed by atoms with van der Waals surface area (Å²) in [7, 11) is 0. The Morgan fingerprint density at radius 1 is 0.295 bits per heavy atom. The molecule has 0 spiro atoms. The third-order valence-electron chi connectivity index (χ3n) is 6.23. The smallest absolute Gasteiger partial charge is 0.545 e. The first-order valence-corrected chi connectivity index (χ1v) is 12.1. The predicted octanol–water partition coefficient (Wildman–Crippen LogP) is -4.38. The first-order chi connectivity index (χ1) is 20.0. The zero-order valence-electron chi connectivity index (χ0n) is 23.3. The van der Waals surface area contributed by atoms with Crippen molar-refractivity contribution in [3.8, 4) is 0 Å². The van der Waals surface area contributed by atoms with Crippen molar-refractivity contribution in [3.05, 3.63) is 142 Å². The third-order valence-corrected chi connectivity index (χ3v) is 6.23. The summed E-state index contributed by atoms with van der Waals surface area (Å²) < 4.78 is 0. The summed E-state index contributed by atoms with van der Waals surface area (Å²) in [5, 5.41) is 22.9. The summed E-state index contributed by atoms with van der Waals surface area (Å²) >= 11 is 0. The molecular formula is C32H16K2O10. The second-order valence-electron chi connectivity index (χ2n) is 8.73. The molecular weight excluding hydrogens is 623 g/mol. The molecule has 0 bridgehead atoms. The Morgan fingerprint density at radius 2 is 0.432 bits per heavy atom. The van der Waals surface area contributed by atoms with E-state index in [1.807, 2.05) is 0 Å². The van der Waals surface area contributed by atoms with Crippen LogP contribution in [0, 0.1) is 0 Å². The minimum Gasteiger partial charge on any atom is -0.545 e. The number of Topliss-reactive ketones (excluding diaryl/α,β-unsaturated/α-hetero) is 6. The summed E-state index contributed by atoms with van der Waals surface area (Å²) in [6, 6.07) is 19.3. The number of benzene rings is 4. The summed E-state index contributed by atoms with van der Waals surface area (Å²) in [5.41, 5.74) is -4.09. The summed E-state index contributed by atoms with van der Waals surface area (Å²) in [6.07, 6.45) is 0. The van der Waals surface area contributed by atoms with Gasteiger partial charge in [0.2, 0.25) is 34.7 Å². The summed E-state index contributed by atoms with van der Waals surface area (Å²) in [4.78, 5) is 102. The van der Waals surface area contributed by atoms with Gasteiger partial charge in [0.15, 0.2) is 0 Å². The number of carbonyl (C=O) groups is 8. The van der Waals surface area contributed by atoms with Crippen LogP contribution in [-0.4, -0.2) is 46.6 Å². The first-order valence-electron chi connectivity index (χ1n) is 12.1. The van der Waals surface area contributed by atoms with E-state index < -0.39 is 91.1 Å². The van der Waals surface area contributed by atoms with Crippen molar-refractivity contribution in [1.29, 1.82) is 0 Å². The number of carboxylic acids is 2. The maximum atomic E-state index is 13.4. The molecule has 0 aliphatic carbocycles. The van der Waals surface area contributed by atoms with Gasteiger partial charge in [-0.2, -0.15) is 0 Å². The average Bonchev–Trinajstić information content (AvgIpc) is 3.02. The number of carbonyl (C=O) groups excluding carboxylic acids is 8. The Balaban J connectivity index is 0.00000337. The maximum Gasteiger partial charge on any atom is 1.00 e. The Labute approximate surface area is 334 Å². The van der Waals surface area contributed by atoms with E-state index in [0.717, 1.165) is 48.5 Å². The van der Waals surface area contributed by atoms with Gasteiger partial charge in [0.1, 0.15) is 0 Å². The normalized spacial score (nSPS) is 9.91. The Hall–Kier alpha value is -2.89. The van der Waals surface area contributed by atoms with Crippen LogP contribution in [-0.2, 0) is 0 Å². The Morgan fingerprint density at radius 3 is 0.591 bits per heavy atom. The van der Waals surface area contributed by atoms with Crippen LogP contribution in [0.15, 0.2) is 97.1 Å². The van der Waals surface area contributed by atoms with Crippen LogP contribution in [0.25, 0.3) is 0 Å². The van der Waals surface area contributed by atoms with Crippen molar-refractivity contribution in [1.82, 2.24) is 0 Å². The molecule has 0 radical (unpaired) electrons. The molecule has 0 saturated carbocycles. The van der Waals surface area contributed by atoms with Crippen LogP contribution in [0.1, 0.15) is 82.9 Å². The zero-order chi connectivity index (χ0) is 30.6. The van der Waals surface area contributed by atoms with E-state index in [2.05, 4.69) is 0 Å². The summed E-state index contributed by atoms with van der Waals surface area (Å²) in [6.45, 7) is 0. The molecule has 4 aromatic rings. The molecule has 4 rings (SSSR count). The molecule has 4 aromatic carbocycles. The van der Waals surface area contributed by atoms with Crippen LogP contribution >= 0.6 is 0 Å². The first kappa shape index (κ1) is 37.3. The topological polar surface area (TPSA) is 183 Å². The molecule has 0 aliphatic heterocycles. The number of carboxylic acid groups (broad SMARTS) is 2. The molecule has 44 heavy (non-hydrogen) atoms. The van der Waals surface area contributed by atoms with E-state index in [1.54, 1.807) is 0 Å². The van der Waals surface area contributed by atoms with E-state index in [0.29, 0.717) is 0 Å². The van der Waals surface area contributed by atoms with Gasteiger partial charge in [-0.15, -0.1) is 0 Å². The van der Waals surface area contributed by atoms with Crippen molar-refractivity contribution in [3.63, 3.8) is 0 Å². The maximum absolute atomic E-state index is 13.4. The quantitative estimate of drug-likeness (QED) is 0.0884. The Bertz CT molecular complexity index is 1720. The second kappa shape index (κ2) is 16.4. The molecule has 206 valence electrons. The minimum absolute atomic E-state index is 0. The molecule has 0 amide bonds. The molecule has 0 saturated heterocycles. The molecule has 0 atom stereocenters. The monoisotopic (exact) mass is 638 g/mol. The van der Waals surface area contributed by atoms with Gasteiger partial charge in [-0.05, 0) is 0 Å². The number of aromatic carboxylic acids is 2. The summed E-state index contributed by atoms with van der Waals surface area (Å²) in [5.74, 6) is -11.1. The van der Waals surface area contributed by atoms with Gasteiger partial charge >= 0.3 is 103 Å². The fraction of sp³-hybridized carbons (Fsp3) is 0. The standard InChI is InChI=1S/C32H18O10.2K/c33-25(17-9-1-3-11-19(17)27(35)29(37)21-13-5-7-15-23(21)31(39)40)26(34)18-10-2-4-12-20(18)28(36)30(38)22-14-6-8-16-24(22)32(41)42;;/h1-16H,(H,39,40)(H,41,42);;/q;2*+1/p-2. The van der Waals surface area contributed by atoms with Crippen LogP contribution in [0.2, 0.25) is 0 Å². The van der Waals surface area contributed by atoms with E-state index in [4.69, 9.17) is 0 Å². The van der Waals surface area contributed by atoms with Gasteiger partial charge in [0.25, 0.3) is 0 Å². The van der Waals surface area contributed by atoms with Gasteiger partial charge in [-0.1, -0.05) is 97.1 Å². The zero-order valence-corrected chi connectivity index (χ0v) is 29.6. The van der Waals surface area contributed by atoms with E-state index in [1.165, 1.54) is 48.5 Å². The van der Waals surface area contributed by atoms with E-state index in [-0.39, 0.29) is 103 Å². The fourth-order valence-corrected chi connectivity index (χ4v) is 4.21. The van der Waals surface area contributed by atoms with Gasteiger partial charge in [0.05, 0.1) is 11.9 Å². The third kappa shape index (κ3) is 7.84. The van der Waals surface area contributed by atoms with Crippen molar-refractivity contribution in [2.45, 2.75) is 0 Å². The minimum atomic E-state index is -1.70. The predicted molar refractivity (Wildman–Crippen MR) is 140 cm³/mol. The van der Waals surface area contributed by atoms with E-state index >= 15 is 0 Å². The molecule has 0 aliphatic rings. The SMILES string of the molecule is O=C([O-])c1ccccc1C(=O)C(=O)c1ccccc1C(=O)C(=O)c1ccccc1C(=O)C(=O)c1ccccc1C(=O)[O-].[K+].[K+]. The van der Waals surface area contributed by atoms with E-state index in [9.17, 15) is 48.6 Å². The van der Waals surface area contributed by atoms with Crippen molar-refractivity contribution < 1.29 is 151 Å². The van der Waals surface area contributed by atoms with Crippen molar-refractivity contribution in [2.75, 3.05) is 0 Å². The molecule has 0 heterocycles. The average molecular weight is 639 g/mol. The number of rotatable bonds is 11. The van der Waals surface area contributed by atoms with Gasteiger partial charge in [0, 0.05) is 44.5 Å². The number of ketones is 6. The molecule has 0 aromatic heterocycles. The van der Waals surface area contributed by atoms with Crippen LogP contribution < -0.4 is 113 Å². The van der Waals surface area contributed by atoms with Crippen molar-refractivity contribution >= 4 is 46.6 Å². The molecule has 12 heteroatoms. The Kier molecular flexibility index (Phi) is 13.9. The molecule has 0 unspecified atom stereocenters. The molecule has 10 nitrogen and oxygen atoms in total. The second-order valence-corrected chi connectivity index (χ2v) is 8.73. The van der Waals surface area contributed by atoms with Crippen LogP contribution in [0.5, 0.6) is 0 Å². The van der Waals surface area contributed by atoms with Gasteiger partial charge < -0.3 is 19.8 Å². The van der Waals surface area contributed by atoms with Crippen molar-refractivity contribution in [2.24, 2.45) is 0 Å². The molecule has 0 fully saturated rings. The van der Waals surface area contributed by atoms with Gasteiger partial charge in [-0.25, -0.2) is 0 Å². The van der Waals surface area contributed by atoms with Gasteiger partial charge in [-0.3, -0.25) is 28.8 Å². The van der Waals surface area contributed by atoms with Crippen LogP contribution in [0.4, 0.5) is 0 Å². The number of hydrogen-bond acceptors (Lipinski definition) is 10. The fourth-order valence-electron chi connectivity index (χ4n) is 4.21. The molecule has 0 N–H and O–H groups in total. The van der Waals surface area contributed by atoms with Crippen LogP contribution in [0.3, 0.4) is 0 Å². The largest absolute Gasteiger partial charge is 1.00 e.